The maximum Gasteiger partial charge on any atom is 0.308 e. The number of carboxylic acid groups (broad SMARTS) is 1. The van der Waals surface area contributed by atoms with Crippen molar-refractivity contribution in [1.29, 1.82) is 0 Å². The number of carbonyl (C=O) groups excluding carboxylic acids is 1. The summed E-state index contributed by atoms with van der Waals surface area (Å²) in [6.07, 6.45) is 2.50. The lowest BCUT2D eigenvalue weighted by molar-refractivity contribution is -0.141. The van der Waals surface area contributed by atoms with Crippen molar-refractivity contribution in [2.45, 2.75) is 32.3 Å². The molecule has 0 spiro atoms. The fourth-order valence-electron chi connectivity index (χ4n) is 1.72. The van der Waals surface area contributed by atoms with Gasteiger partial charge in [0.15, 0.2) is 0 Å². The second-order valence-corrected chi connectivity index (χ2v) is 4.61. The van der Waals surface area contributed by atoms with E-state index in [1.807, 2.05) is 0 Å². The van der Waals surface area contributed by atoms with Gasteiger partial charge in [-0.25, -0.2) is 0 Å². The summed E-state index contributed by atoms with van der Waals surface area (Å²) in [5, 5.41) is 14.5. The van der Waals surface area contributed by atoms with Crippen molar-refractivity contribution >= 4 is 11.9 Å². The summed E-state index contributed by atoms with van der Waals surface area (Å²) in [5.41, 5.74) is 0. The van der Waals surface area contributed by atoms with Gasteiger partial charge in [-0.1, -0.05) is 6.92 Å². The lowest BCUT2D eigenvalue weighted by atomic mass is 10.1. The number of carbonyl (C=O) groups is 2. The van der Waals surface area contributed by atoms with Gasteiger partial charge in [-0.15, -0.1) is 0 Å². The summed E-state index contributed by atoms with van der Waals surface area (Å²) >= 11 is 0. The second-order valence-electron chi connectivity index (χ2n) is 4.61. The van der Waals surface area contributed by atoms with Crippen LogP contribution in [-0.4, -0.2) is 49.3 Å². The number of nitrogens with one attached hydrogen (secondary N) is 2. The zero-order chi connectivity index (χ0) is 13.4. The third-order valence-corrected chi connectivity index (χ3v) is 3.00. The SMILES string of the molecule is CC(CNC(=O)CCOC1CCNCC1)C(=O)O. The van der Waals surface area contributed by atoms with Crippen LogP contribution in [-0.2, 0) is 14.3 Å². The molecule has 1 aliphatic heterocycles. The van der Waals surface area contributed by atoms with E-state index in [2.05, 4.69) is 10.6 Å². The Balaban J connectivity index is 2.04. The van der Waals surface area contributed by atoms with Crippen molar-refractivity contribution < 1.29 is 19.4 Å². The summed E-state index contributed by atoms with van der Waals surface area (Å²) in [4.78, 5) is 22.0. The Morgan fingerprint density at radius 2 is 2.11 bits per heavy atom. The quantitative estimate of drug-likeness (QED) is 0.597. The number of amides is 1. The van der Waals surface area contributed by atoms with E-state index in [-0.39, 0.29) is 25.0 Å². The third kappa shape index (κ3) is 5.97. The van der Waals surface area contributed by atoms with Crippen LogP contribution in [0, 0.1) is 5.92 Å². The molecular weight excluding hydrogens is 236 g/mol. The normalized spacial score (nSPS) is 18.3. The molecule has 1 amide bonds. The highest BCUT2D eigenvalue weighted by molar-refractivity contribution is 5.77. The van der Waals surface area contributed by atoms with Gasteiger partial charge >= 0.3 is 5.97 Å². The van der Waals surface area contributed by atoms with E-state index in [1.54, 1.807) is 6.92 Å². The number of hydrogen-bond acceptors (Lipinski definition) is 4. The first kappa shape index (κ1) is 14.9. The van der Waals surface area contributed by atoms with Crippen LogP contribution in [0.3, 0.4) is 0 Å². The van der Waals surface area contributed by atoms with Crippen LogP contribution in [0.1, 0.15) is 26.2 Å². The molecule has 18 heavy (non-hydrogen) atoms. The van der Waals surface area contributed by atoms with Crippen LogP contribution in [0.5, 0.6) is 0 Å². The van der Waals surface area contributed by atoms with E-state index >= 15 is 0 Å². The molecule has 1 atom stereocenters. The Kier molecular flexibility index (Phi) is 6.67. The first-order valence-electron chi connectivity index (χ1n) is 6.41. The van der Waals surface area contributed by atoms with Crippen LogP contribution in [0.15, 0.2) is 0 Å². The lowest BCUT2D eigenvalue weighted by Crippen LogP contribution is -2.34. The minimum absolute atomic E-state index is 0.156. The Bertz CT molecular complexity index is 277. The highest BCUT2D eigenvalue weighted by Gasteiger charge is 2.14. The lowest BCUT2D eigenvalue weighted by Gasteiger charge is -2.22. The zero-order valence-electron chi connectivity index (χ0n) is 10.8. The molecule has 1 rings (SSSR count). The summed E-state index contributed by atoms with van der Waals surface area (Å²) in [6, 6.07) is 0. The monoisotopic (exact) mass is 258 g/mol. The molecule has 1 saturated heterocycles. The van der Waals surface area contributed by atoms with Crippen molar-refractivity contribution in [3.8, 4) is 0 Å². The molecule has 0 aromatic heterocycles. The number of hydrogen-bond donors (Lipinski definition) is 3. The number of ether oxygens (including phenoxy) is 1. The summed E-state index contributed by atoms with van der Waals surface area (Å²) in [6.45, 7) is 4.06. The van der Waals surface area contributed by atoms with Crippen molar-refractivity contribution in [3.63, 3.8) is 0 Å². The van der Waals surface area contributed by atoms with Crippen LogP contribution < -0.4 is 10.6 Å². The number of aliphatic carboxylic acids is 1. The summed E-state index contributed by atoms with van der Waals surface area (Å²) < 4.78 is 5.59. The minimum Gasteiger partial charge on any atom is -0.481 e. The Labute approximate surface area is 107 Å². The van der Waals surface area contributed by atoms with Crippen molar-refractivity contribution in [2.75, 3.05) is 26.2 Å². The molecule has 0 radical (unpaired) electrons. The molecule has 6 heteroatoms. The van der Waals surface area contributed by atoms with Crippen LogP contribution in [0.4, 0.5) is 0 Å². The summed E-state index contributed by atoms with van der Waals surface area (Å²) in [7, 11) is 0. The molecule has 0 saturated carbocycles. The Morgan fingerprint density at radius 3 is 2.72 bits per heavy atom. The predicted molar refractivity (Wildman–Crippen MR) is 66.3 cm³/mol. The van der Waals surface area contributed by atoms with Gasteiger partial charge in [-0.2, -0.15) is 0 Å². The van der Waals surface area contributed by atoms with E-state index in [9.17, 15) is 9.59 Å². The summed E-state index contributed by atoms with van der Waals surface area (Å²) in [5.74, 6) is -1.61. The number of carboxylic acids is 1. The van der Waals surface area contributed by atoms with E-state index in [0.29, 0.717) is 6.61 Å². The smallest absolute Gasteiger partial charge is 0.308 e. The van der Waals surface area contributed by atoms with Gasteiger partial charge in [-0.05, 0) is 25.9 Å². The molecule has 0 aliphatic carbocycles. The molecule has 0 bridgehead atoms. The molecule has 1 fully saturated rings. The van der Waals surface area contributed by atoms with Gasteiger partial charge in [0.25, 0.3) is 0 Å². The zero-order valence-corrected chi connectivity index (χ0v) is 10.8. The molecule has 0 aromatic carbocycles. The minimum atomic E-state index is -0.902. The first-order chi connectivity index (χ1) is 8.59. The third-order valence-electron chi connectivity index (χ3n) is 3.00. The van der Waals surface area contributed by atoms with E-state index in [0.717, 1.165) is 25.9 Å². The average Bonchev–Trinajstić information content (AvgIpc) is 2.37. The van der Waals surface area contributed by atoms with Gasteiger partial charge in [0.1, 0.15) is 0 Å². The molecular formula is C12H22N2O4. The van der Waals surface area contributed by atoms with Gasteiger partial charge in [0, 0.05) is 13.0 Å². The van der Waals surface area contributed by atoms with Gasteiger partial charge in [-0.3, -0.25) is 9.59 Å². The Hall–Kier alpha value is -1.14. The van der Waals surface area contributed by atoms with Crippen LogP contribution in [0.25, 0.3) is 0 Å². The fourth-order valence-corrected chi connectivity index (χ4v) is 1.72. The largest absolute Gasteiger partial charge is 0.481 e. The van der Waals surface area contributed by atoms with Gasteiger partial charge in [0.05, 0.1) is 18.6 Å². The highest BCUT2D eigenvalue weighted by Crippen LogP contribution is 2.07. The van der Waals surface area contributed by atoms with Crippen LogP contribution >= 0.6 is 0 Å². The second kappa shape index (κ2) is 8.05. The highest BCUT2D eigenvalue weighted by atomic mass is 16.5. The molecule has 104 valence electrons. The standard InChI is InChI=1S/C12H22N2O4/c1-9(12(16)17)8-14-11(15)4-7-18-10-2-5-13-6-3-10/h9-10,13H,2-8H2,1H3,(H,14,15)(H,16,17). The van der Waals surface area contributed by atoms with E-state index in [4.69, 9.17) is 9.84 Å². The molecule has 3 N–H and O–H groups in total. The van der Waals surface area contributed by atoms with E-state index < -0.39 is 11.9 Å². The topological polar surface area (TPSA) is 87.7 Å². The number of rotatable bonds is 7. The predicted octanol–water partition coefficient (Wildman–Crippen LogP) is -0.0180. The number of piperidine rings is 1. The van der Waals surface area contributed by atoms with Crippen molar-refractivity contribution in [2.24, 2.45) is 5.92 Å². The van der Waals surface area contributed by atoms with Crippen molar-refractivity contribution in [3.05, 3.63) is 0 Å². The maximum atomic E-state index is 11.4. The van der Waals surface area contributed by atoms with Crippen LogP contribution in [0.2, 0.25) is 0 Å². The van der Waals surface area contributed by atoms with Gasteiger partial charge in [0.2, 0.25) is 5.91 Å². The fraction of sp³-hybridized carbons (Fsp3) is 0.833. The average molecular weight is 258 g/mol. The van der Waals surface area contributed by atoms with Gasteiger partial charge < -0.3 is 20.5 Å². The van der Waals surface area contributed by atoms with Crippen molar-refractivity contribution in [1.82, 2.24) is 10.6 Å². The van der Waals surface area contributed by atoms with E-state index in [1.165, 1.54) is 0 Å². The first-order valence-corrected chi connectivity index (χ1v) is 6.41. The maximum absolute atomic E-state index is 11.4. The Morgan fingerprint density at radius 1 is 1.44 bits per heavy atom. The molecule has 1 unspecified atom stereocenters. The molecule has 1 aliphatic rings. The molecule has 0 aromatic rings. The molecule has 1 heterocycles. The molecule has 6 nitrogen and oxygen atoms in total.